The summed E-state index contributed by atoms with van der Waals surface area (Å²) < 4.78 is 100.0. The zero-order chi connectivity index (χ0) is 27.7. The fraction of sp³-hybridized carbons (Fsp3) is 0.269. The van der Waals surface area contributed by atoms with E-state index < -0.39 is 52.5 Å². The summed E-state index contributed by atoms with van der Waals surface area (Å²) in [4.78, 5) is 11.6. The van der Waals surface area contributed by atoms with Crippen molar-refractivity contribution in [1.82, 2.24) is 4.31 Å². The van der Waals surface area contributed by atoms with Gasteiger partial charge in [-0.25, -0.2) is 8.42 Å². The second kappa shape index (κ2) is 10.4. The number of hydrogen-bond donors (Lipinski definition) is 1. The third kappa shape index (κ3) is 5.16. The molecule has 0 spiro atoms. The number of ether oxygens (including phenoxy) is 1. The molecule has 1 aliphatic carbocycles. The number of halogens is 5. The highest BCUT2D eigenvalue weighted by Crippen LogP contribution is 2.51. The molecule has 6 nitrogen and oxygen atoms in total. The van der Waals surface area contributed by atoms with E-state index in [1.807, 2.05) is 0 Å². The number of nitrogens with zero attached hydrogens (tertiary/aromatic N) is 1. The minimum atomic E-state index is -4.64. The molecule has 1 N–H and O–H groups in total. The van der Waals surface area contributed by atoms with Crippen LogP contribution in [0.2, 0.25) is 0 Å². The fourth-order valence-corrected chi connectivity index (χ4v) is 6.58. The van der Waals surface area contributed by atoms with Crippen molar-refractivity contribution in [2.24, 2.45) is 0 Å². The Kier molecular flexibility index (Phi) is 7.60. The van der Waals surface area contributed by atoms with Crippen LogP contribution in [0.3, 0.4) is 0 Å². The van der Waals surface area contributed by atoms with E-state index in [2.05, 4.69) is 0 Å². The van der Waals surface area contributed by atoms with Crippen LogP contribution in [0.15, 0.2) is 83.8 Å². The number of alkyl halides is 5. The van der Waals surface area contributed by atoms with Crippen molar-refractivity contribution < 1.29 is 45.0 Å². The van der Waals surface area contributed by atoms with Crippen molar-refractivity contribution >= 4 is 16.0 Å². The monoisotopic (exact) mass is 555 g/mol. The SMILES string of the molecule is O=C(O)CN(C1(c2ccc(-c3ccccc3C(F)(F)F)cc2)CCC1OC(F)F)S(=O)(=O)c1ccccc1. The average Bonchev–Trinajstić information content (AvgIpc) is 2.86. The Labute approximate surface area is 215 Å². The van der Waals surface area contributed by atoms with Crippen LogP contribution in [-0.2, 0) is 31.3 Å². The minimum Gasteiger partial charge on any atom is -0.480 e. The molecule has 0 heterocycles. The minimum absolute atomic E-state index is 0.00340. The molecule has 0 radical (unpaired) electrons. The van der Waals surface area contributed by atoms with Crippen molar-refractivity contribution in [2.45, 2.75) is 42.2 Å². The van der Waals surface area contributed by atoms with Gasteiger partial charge in [-0.2, -0.15) is 26.3 Å². The predicted molar refractivity (Wildman–Crippen MR) is 127 cm³/mol. The van der Waals surface area contributed by atoms with Crippen molar-refractivity contribution in [3.8, 4) is 11.1 Å². The quantitative estimate of drug-likeness (QED) is 0.340. The molecular formula is C26H22F5NO5S. The Hall–Kier alpha value is -3.35. The molecule has 1 aliphatic rings. The maximum atomic E-state index is 13.6. The highest BCUT2D eigenvalue weighted by molar-refractivity contribution is 7.89. The van der Waals surface area contributed by atoms with Gasteiger partial charge in [-0.05, 0) is 47.7 Å². The smallest absolute Gasteiger partial charge is 0.417 e. The third-order valence-electron chi connectivity index (χ3n) is 6.57. The molecule has 0 aromatic heterocycles. The van der Waals surface area contributed by atoms with Crippen molar-refractivity contribution in [3.63, 3.8) is 0 Å². The van der Waals surface area contributed by atoms with Crippen LogP contribution in [0.4, 0.5) is 22.0 Å². The Bertz CT molecular complexity index is 1400. The average molecular weight is 556 g/mol. The van der Waals surface area contributed by atoms with Crippen LogP contribution in [-0.4, -0.2) is 43.1 Å². The molecule has 12 heteroatoms. The van der Waals surface area contributed by atoms with Crippen LogP contribution >= 0.6 is 0 Å². The second-order valence-corrected chi connectivity index (χ2v) is 10.5. The van der Waals surface area contributed by atoms with E-state index in [1.165, 1.54) is 66.7 Å². The molecule has 0 bridgehead atoms. The first kappa shape index (κ1) is 27.7. The van der Waals surface area contributed by atoms with Gasteiger partial charge in [0, 0.05) is 0 Å². The van der Waals surface area contributed by atoms with Crippen LogP contribution < -0.4 is 0 Å². The van der Waals surface area contributed by atoms with Gasteiger partial charge in [-0.3, -0.25) is 4.79 Å². The first-order chi connectivity index (χ1) is 17.9. The molecule has 2 unspecified atom stereocenters. The highest BCUT2D eigenvalue weighted by atomic mass is 32.2. The van der Waals surface area contributed by atoms with Gasteiger partial charge in [0.25, 0.3) is 0 Å². The standard InChI is InChI=1S/C26H22F5NO5S/c27-24(28)37-22-14-15-25(22,32(16-23(33)34)38(35,36)19-6-2-1-3-7-19)18-12-10-17(11-13-18)20-8-4-5-9-21(20)26(29,30)31/h1-13,22,24H,14-16H2,(H,33,34). The van der Waals surface area contributed by atoms with Gasteiger partial charge in [0.05, 0.1) is 22.1 Å². The fourth-order valence-electron chi connectivity index (χ4n) is 4.80. The first-order valence-electron chi connectivity index (χ1n) is 11.4. The van der Waals surface area contributed by atoms with Crippen LogP contribution in [0.25, 0.3) is 11.1 Å². The van der Waals surface area contributed by atoms with Gasteiger partial charge in [-0.1, -0.05) is 60.7 Å². The van der Waals surface area contributed by atoms with E-state index in [0.717, 1.165) is 6.07 Å². The van der Waals surface area contributed by atoms with Crippen LogP contribution in [0.5, 0.6) is 0 Å². The van der Waals surface area contributed by atoms with Gasteiger partial charge >= 0.3 is 18.8 Å². The Morgan fingerprint density at radius 1 is 1.00 bits per heavy atom. The number of carbonyl (C=O) groups is 1. The lowest BCUT2D eigenvalue weighted by Gasteiger charge is -2.54. The van der Waals surface area contributed by atoms with Gasteiger partial charge < -0.3 is 9.84 Å². The molecule has 2 atom stereocenters. The lowest BCUT2D eigenvalue weighted by molar-refractivity contribution is -0.226. The summed E-state index contributed by atoms with van der Waals surface area (Å²) in [6, 6.07) is 17.0. The van der Waals surface area contributed by atoms with Crippen molar-refractivity contribution in [1.29, 1.82) is 0 Å². The first-order valence-corrected chi connectivity index (χ1v) is 12.8. The summed E-state index contributed by atoms with van der Waals surface area (Å²) in [5, 5.41) is 9.59. The van der Waals surface area contributed by atoms with Gasteiger partial charge in [0.1, 0.15) is 6.54 Å². The zero-order valence-electron chi connectivity index (χ0n) is 19.6. The maximum Gasteiger partial charge on any atom is 0.417 e. The largest absolute Gasteiger partial charge is 0.480 e. The summed E-state index contributed by atoms with van der Waals surface area (Å²) >= 11 is 0. The van der Waals surface area contributed by atoms with E-state index in [9.17, 15) is 40.3 Å². The summed E-state index contributed by atoms with van der Waals surface area (Å²) in [6.07, 6.45) is -6.09. The molecule has 0 saturated heterocycles. The lowest BCUT2D eigenvalue weighted by Crippen LogP contribution is -2.64. The molecule has 3 aromatic rings. The summed E-state index contributed by atoms with van der Waals surface area (Å²) in [5.41, 5.74) is -2.59. The lowest BCUT2D eigenvalue weighted by atomic mass is 9.68. The number of aliphatic carboxylic acids is 1. The predicted octanol–water partition coefficient (Wildman–Crippen LogP) is 5.74. The van der Waals surface area contributed by atoms with Crippen LogP contribution in [0.1, 0.15) is 24.0 Å². The van der Waals surface area contributed by atoms with Gasteiger partial charge in [0.2, 0.25) is 10.0 Å². The van der Waals surface area contributed by atoms with E-state index in [4.69, 9.17) is 4.74 Å². The summed E-state index contributed by atoms with van der Waals surface area (Å²) in [5.74, 6) is -1.53. The molecule has 0 amide bonds. The van der Waals surface area contributed by atoms with E-state index in [1.54, 1.807) is 6.07 Å². The normalized spacial score (nSPS) is 19.9. The Morgan fingerprint density at radius 3 is 2.13 bits per heavy atom. The molecular weight excluding hydrogens is 533 g/mol. The summed E-state index contributed by atoms with van der Waals surface area (Å²) in [7, 11) is -4.54. The molecule has 1 saturated carbocycles. The Balaban J connectivity index is 1.86. The second-order valence-electron chi connectivity index (χ2n) is 8.69. The molecule has 38 heavy (non-hydrogen) atoms. The number of carboxylic acid groups (broad SMARTS) is 1. The Morgan fingerprint density at radius 2 is 1.61 bits per heavy atom. The zero-order valence-corrected chi connectivity index (χ0v) is 20.4. The number of carboxylic acids is 1. The third-order valence-corrected chi connectivity index (χ3v) is 8.47. The topological polar surface area (TPSA) is 83.9 Å². The maximum absolute atomic E-state index is 13.6. The molecule has 4 rings (SSSR count). The van der Waals surface area contributed by atoms with E-state index in [0.29, 0.717) is 4.31 Å². The number of rotatable bonds is 9. The van der Waals surface area contributed by atoms with E-state index in [-0.39, 0.29) is 34.4 Å². The molecule has 202 valence electrons. The highest BCUT2D eigenvalue weighted by Gasteiger charge is 2.58. The molecule has 3 aromatic carbocycles. The molecule has 0 aliphatic heterocycles. The van der Waals surface area contributed by atoms with Crippen molar-refractivity contribution in [3.05, 3.63) is 90.0 Å². The number of benzene rings is 3. The van der Waals surface area contributed by atoms with E-state index >= 15 is 0 Å². The van der Waals surface area contributed by atoms with Crippen molar-refractivity contribution in [2.75, 3.05) is 6.54 Å². The number of sulfonamides is 1. The number of hydrogen-bond acceptors (Lipinski definition) is 4. The van der Waals surface area contributed by atoms with Gasteiger partial charge in [0.15, 0.2) is 0 Å². The van der Waals surface area contributed by atoms with Gasteiger partial charge in [-0.15, -0.1) is 0 Å². The molecule has 1 fully saturated rings. The summed E-state index contributed by atoms with van der Waals surface area (Å²) in [6.45, 7) is -4.33. The van der Waals surface area contributed by atoms with Crippen LogP contribution in [0, 0.1) is 0 Å².